The first-order valence-electron chi connectivity index (χ1n) is 11.8. The van der Waals surface area contributed by atoms with Crippen molar-refractivity contribution in [1.82, 2.24) is 14.9 Å². The molecule has 2 aromatic carbocycles. The van der Waals surface area contributed by atoms with Crippen LogP contribution in [0.15, 0.2) is 59.6 Å². The van der Waals surface area contributed by atoms with Crippen molar-refractivity contribution in [1.29, 1.82) is 0 Å². The third-order valence-electron chi connectivity index (χ3n) is 7.98. The molecule has 0 aliphatic heterocycles. The first-order chi connectivity index (χ1) is 15.4. The fourth-order valence-corrected chi connectivity index (χ4v) is 6.43. The molecule has 32 heavy (non-hydrogen) atoms. The van der Waals surface area contributed by atoms with Crippen LogP contribution in [0, 0.1) is 37.0 Å². The standard InChI is InChI=1S/C28H33N3S/c1-18-5-9-20(10-6-18)24-16-26(30-31-27(24)21-11-7-19(2)8-12-21)32-29-17-22-13-14-23-15-25(22)28(23,3)4/h5-12,16,22-23,25,29H,13-15,17H2,1-4H3. The van der Waals surface area contributed by atoms with E-state index in [0.717, 1.165) is 46.1 Å². The van der Waals surface area contributed by atoms with Crippen LogP contribution in [0.1, 0.15) is 44.2 Å². The zero-order chi connectivity index (χ0) is 22.3. The van der Waals surface area contributed by atoms with E-state index in [1.165, 1.54) is 36.0 Å². The summed E-state index contributed by atoms with van der Waals surface area (Å²) >= 11 is 1.63. The molecule has 3 aromatic rings. The summed E-state index contributed by atoms with van der Waals surface area (Å²) in [6, 6.07) is 19.4. The van der Waals surface area contributed by atoms with Crippen molar-refractivity contribution in [3.8, 4) is 22.4 Å². The molecule has 1 aromatic heterocycles. The van der Waals surface area contributed by atoms with Crippen LogP contribution in [0.25, 0.3) is 22.4 Å². The summed E-state index contributed by atoms with van der Waals surface area (Å²) < 4.78 is 3.63. The quantitative estimate of drug-likeness (QED) is 0.412. The molecule has 3 saturated carbocycles. The van der Waals surface area contributed by atoms with Crippen LogP contribution in [0.2, 0.25) is 0 Å². The zero-order valence-corrected chi connectivity index (χ0v) is 20.4. The highest BCUT2D eigenvalue weighted by Gasteiger charge is 2.53. The van der Waals surface area contributed by atoms with Crippen molar-refractivity contribution in [2.45, 2.75) is 52.0 Å². The Labute approximate surface area is 196 Å². The number of benzene rings is 2. The molecule has 4 heteroatoms. The molecule has 0 saturated heterocycles. The van der Waals surface area contributed by atoms with E-state index < -0.39 is 0 Å². The van der Waals surface area contributed by atoms with Crippen LogP contribution in [0.4, 0.5) is 0 Å². The van der Waals surface area contributed by atoms with Crippen molar-refractivity contribution in [2.75, 3.05) is 6.54 Å². The van der Waals surface area contributed by atoms with Gasteiger partial charge in [0.15, 0.2) is 0 Å². The highest BCUT2D eigenvalue weighted by atomic mass is 32.2. The molecule has 3 fully saturated rings. The minimum atomic E-state index is 0.531. The maximum Gasteiger partial charge on any atom is 0.134 e. The fraction of sp³-hybridized carbons (Fsp3) is 0.429. The van der Waals surface area contributed by atoms with E-state index in [2.05, 4.69) is 97.2 Å². The van der Waals surface area contributed by atoms with Gasteiger partial charge in [0.25, 0.3) is 0 Å². The maximum atomic E-state index is 4.68. The third-order valence-corrected chi connectivity index (χ3v) is 8.70. The molecule has 0 amide bonds. The number of rotatable bonds is 6. The molecule has 3 aliphatic carbocycles. The number of aromatic nitrogens is 2. The average Bonchev–Trinajstić information content (AvgIpc) is 2.80. The summed E-state index contributed by atoms with van der Waals surface area (Å²) in [5.74, 6) is 2.60. The molecule has 1 heterocycles. The summed E-state index contributed by atoms with van der Waals surface area (Å²) in [5.41, 5.74) is 7.39. The molecular weight excluding hydrogens is 410 g/mol. The highest BCUT2D eigenvalue weighted by Crippen LogP contribution is 2.61. The first kappa shape index (κ1) is 21.7. The fourth-order valence-electron chi connectivity index (χ4n) is 5.73. The van der Waals surface area contributed by atoms with Gasteiger partial charge in [-0.05, 0) is 79.9 Å². The van der Waals surface area contributed by atoms with Gasteiger partial charge in [-0.25, -0.2) is 0 Å². The first-order valence-corrected chi connectivity index (χ1v) is 12.6. The number of hydrogen-bond donors (Lipinski definition) is 1. The van der Waals surface area contributed by atoms with Crippen LogP contribution in [0.5, 0.6) is 0 Å². The van der Waals surface area contributed by atoms with E-state index in [1.54, 1.807) is 11.9 Å². The Bertz CT molecular complexity index is 1090. The van der Waals surface area contributed by atoms with Gasteiger partial charge >= 0.3 is 0 Å². The lowest BCUT2D eigenvalue weighted by molar-refractivity contribution is -0.102. The number of fused-ring (bicyclic) bond motifs is 2. The summed E-state index contributed by atoms with van der Waals surface area (Å²) in [4.78, 5) is 0. The lowest BCUT2D eigenvalue weighted by atomic mass is 9.45. The molecule has 2 bridgehead atoms. The minimum absolute atomic E-state index is 0.531. The molecule has 0 spiro atoms. The molecule has 1 N–H and O–H groups in total. The third kappa shape index (κ3) is 4.11. The molecule has 3 unspecified atom stereocenters. The lowest BCUT2D eigenvalue weighted by Gasteiger charge is -2.60. The summed E-state index contributed by atoms with van der Waals surface area (Å²) in [5, 5.41) is 10.2. The van der Waals surface area contributed by atoms with E-state index in [9.17, 15) is 0 Å². The Morgan fingerprint density at radius 2 is 1.56 bits per heavy atom. The number of nitrogens with one attached hydrogen (secondary N) is 1. The maximum absolute atomic E-state index is 4.68. The Morgan fingerprint density at radius 1 is 0.906 bits per heavy atom. The molecule has 3 aliphatic rings. The van der Waals surface area contributed by atoms with Crippen LogP contribution in [-0.2, 0) is 0 Å². The normalized spacial score (nSPS) is 23.6. The van der Waals surface area contributed by atoms with Crippen LogP contribution < -0.4 is 4.72 Å². The van der Waals surface area contributed by atoms with Crippen LogP contribution in [-0.4, -0.2) is 16.7 Å². The zero-order valence-electron chi connectivity index (χ0n) is 19.6. The molecule has 3 nitrogen and oxygen atoms in total. The summed E-state index contributed by atoms with van der Waals surface area (Å²) in [6.45, 7) is 10.2. The largest absolute Gasteiger partial charge is 0.258 e. The van der Waals surface area contributed by atoms with Crippen molar-refractivity contribution in [3.05, 3.63) is 65.7 Å². The summed E-state index contributed by atoms with van der Waals surface area (Å²) in [6.07, 6.45) is 4.18. The molecule has 6 rings (SSSR count). The second-order valence-corrected chi connectivity index (χ2v) is 11.2. The van der Waals surface area contributed by atoms with Crippen molar-refractivity contribution >= 4 is 11.9 Å². The molecular formula is C28H33N3S. The summed E-state index contributed by atoms with van der Waals surface area (Å²) in [7, 11) is 0. The second kappa shape index (κ2) is 8.64. The van der Waals surface area contributed by atoms with E-state index in [1.807, 2.05) is 0 Å². The SMILES string of the molecule is Cc1ccc(-c2cc(SNCC3CCC4CC3C4(C)C)nnc2-c2ccc(C)cc2)cc1. The van der Waals surface area contributed by atoms with Crippen LogP contribution >= 0.6 is 11.9 Å². The predicted molar refractivity (Wildman–Crippen MR) is 134 cm³/mol. The Hall–Kier alpha value is -2.17. The van der Waals surface area contributed by atoms with Gasteiger partial charge in [-0.1, -0.05) is 73.5 Å². The minimum Gasteiger partial charge on any atom is -0.258 e. The Kier molecular flexibility index (Phi) is 5.85. The molecule has 3 atom stereocenters. The predicted octanol–water partition coefficient (Wildman–Crippen LogP) is 7.10. The van der Waals surface area contributed by atoms with E-state index in [-0.39, 0.29) is 0 Å². The van der Waals surface area contributed by atoms with Gasteiger partial charge in [0.2, 0.25) is 0 Å². The smallest absolute Gasteiger partial charge is 0.134 e. The van der Waals surface area contributed by atoms with E-state index in [0.29, 0.717) is 5.41 Å². The van der Waals surface area contributed by atoms with Crippen molar-refractivity contribution < 1.29 is 0 Å². The number of nitrogens with zero attached hydrogens (tertiary/aromatic N) is 2. The van der Waals surface area contributed by atoms with Crippen molar-refractivity contribution in [2.24, 2.45) is 23.2 Å². The topological polar surface area (TPSA) is 37.8 Å². The Balaban J connectivity index is 1.36. The monoisotopic (exact) mass is 443 g/mol. The number of aryl methyl sites for hydroxylation is 2. The Morgan fingerprint density at radius 3 is 2.19 bits per heavy atom. The second-order valence-electron chi connectivity index (χ2n) is 10.3. The van der Waals surface area contributed by atoms with Crippen LogP contribution in [0.3, 0.4) is 0 Å². The van der Waals surface area contributed by atoms with Gasteiger partial charge < -0.3 is 0 Å². The average molecular weight is 444 g/mol. The highest BCUT2D eigenvalue weighted by molar-refractivity contribution is 7.97. The van der Waals surface area contributed by atoms with Gasteiger partial charge in [-0.15, -0.1) is 10.2 Å². The van der Waals surface area contributed by atoms with Gasteiger partial charge in [0, 0.05) is 17.7 Å². The molecule has 0 radical (unpaired) electrons. The lowest BCUT2D eigenvalue weighted by Crippen LogP contribution is -2.53. The van der Waals surface area contributed by atoms with Gasteiger partial charge in [0.05, 0.1) is 0 Å². The van der Waals surface area contributed by atoms with Gasteiger partial charge in [-0.2, -0.15) is 0 Å². The number of hydrogen-bond acceptors (Lipinski definition) is 4. The van der Waals surface area contributed by atoms with Gasteiger partial charge in [0.1, 0.15) is 10.7 Å². The van der Waals surface area contributed by atoms with Crippen molar-refractivity contribution in [3.63, 3.8) is 0 Å². The van der Waals surface area contributed by atoms with Gasteiger partial charge in [-0.3, -0.25) is 4.72 Å². The molecule has 166 valence electrons. The van der Waals surface area contributed by atoms with E-state index >= 15 is 0 Å². The van der Waals surface area contributed by atoms with E-state index in [4.69, 9.17) is 0 Å².